The Morgan fingerprint density at radius 1 is 0.929 bits per heavy atom. The number of hydrogen-bond acceptors (Lipinski definition) is 3. The van der Waals surface area contributed by atoms with E-state index in [0.29, 0.717) is 39.0 Å². The highest BCUT2D eigenvalue weighted by atomic mass is 19.1. The molecule has 3 rings (SSSR count). The van der Waals surface area contributed by atoms with Crippen molar-refractivity contribution in [2.24, 2.45) is 0 Å². The maximum absolute atomic E-state index is 13.1. The molecule has 6 heteroatoms. The van der Waals surface area contributed by atoms with Crippen LogP contribution in [0.4, 0.5) is 4.39 Å². The fourth-order valence-electron chi connectivity index (χ4n) is 4.20. The van der Waals surface area contributed by atoms with Crippen molar-refractivity contribution >= 4 is 11.8 Å². The van der Waals surface area contributed by atoms with Gasteiger partial charge in [-0.2, -0.15) is 0 Å². The topological polar surface area (TPSA) is 43.9 Å². The van der Waals surface area contributed by atoms with Crippen LogP contribution in [0, 0.1) is 5.82 Å². The number of piperazine rings is 1. The summed E-state index contributed by atoms with van der Waals surface area (Å²) in [5, 5.41) is 0. The van der Waals surface area contributed by atoms with Crippen molar-refractivity contribution in [1.29, 1.82) is 0 Å². The van der Waals surface area contributed by atoms with Gasteiger partial charge in [0.15, 0.2) is 0 Å². The number of likely N-dealkylation sites (tertiary alicyclic amines) is 1. The lowest BCUT2D eigenvalue weighted by atomic mass is 9.92. The highest BCUT2D eigenvalue weighted by Crippen LogP contribution is 2.24. The highest BCUT2D eigenvalue weighted by molar-refractivity contribution is 5.79. The molecule has 0 radical (unpaired) electrons. The number of rotatable bonds is 7. The van der Waals surface area contributed by atoms with E-state index >= 15 is 0 Å². The maximum atomic E-state index is 13.1. The van der Waals surface area contributed by atoms with E-state index in [0.717, 1.165) is 31.6 Å². The van der Waals surface area contributed by atoms with Crippen LogP contribution in [0.1, 0.15) is 50.5 Å². The predicted molar refractivity (Wildman–Crippen MR) is 108 cm³/mol. The first-order chi connectivity index (χ1) is 13.6. The summed E-state index contributed by atoms with van der Waals surface area (Å²) in [6, 6.07) is 6.45. The molecule has 0 aliphatic carbocycles. The smallest absolute Gasteiger partial charge is 0.223 e. The number of carbonyl (C=O) groups excluding carboxylic acids is 2. The Morgan fingerprint density at radius 3 is 2.07 bits per heavy atom. The average Bonchev–Trinajstić information content (AvgIpc) is 3.24. The third-order valence-electron chi connectivity index (χ3n) is 6.08. The van der Waals surface area contributed by atoms with Crippen LogP contribution < -0.4 is 0 Å². The molecule has 1 aromatic rings. The Balaban J connectivity index is 1.43. The fraction of sp³-hybridized carbons (Fsp3) is 0.636. The molecule has 0 N–H and O–H groups in total. The van der Waals surface area contributed by atoms with Crippen LogP contribution in [0.2, 0.25) is 0 Å². The summed E-state index contributed by atoms with van der Waals surface area (Å²) in [6.07, 6.45) is 4.34. The van der Waals surface area contributed by atoms with Crippen molar-refractivity contribution in [2.75, 3.05) is 45.8 Å². The summed E-state index contributed by atoms with van der Waals surface area (Å²) >= 11 is 0. The largest absolute Gasteiger partial charge is 0.339 e. The summed E-state index contributed by atoms with van der Waals surface area (Å²) in [7, 11) is 0. The fourth-order valence-corrected chi connectivity index (χ4v) is 4.20. The summed E-state index contributed by atoms with van der Waals surface area (Å²) in [4.78, 5) is 31.3. The van der Waals surface area contributed by atoms with E-state index in [1.165, 1.54) is 25.0 Å². The molecule has 0 saturated carbocycles. The van der Waals surface area contributed by atoms with Gasteiger partial charge >= 0.3 is 0 Å². The second-order valence-corrected chi connectivity index (χ2v) is 7.92. The van der Waals surface area contributed by atoms with Crippen molar-refractivity contribution in [1.82, 2.24) is 14.7 Å². The number of nitrogens with zero attached hydrogens (tertiary/aromatic N) is 3. The van der Waals surface area contributed by atoms with E-state index in [9.17, 15) is 14.0 Å². The second-order valence-electron chi connectivity index (χ2n) is 7.92. The number of benzene rings is 1. The van der Waals surface area contributed by atoms with Crippen molar-refractivity contribution in [2.45, 2.75) is 44.9 Å². The maximum Gasteiger partial charge on any atom is 0.223 e. The molecule has 1 unspecified atom stereocenters. The molecule has 0 bridgehead atoms. The van der Waals surface area contributed by atoms with Crippen molar-refractivity contribution in [3.8, 4) is 0 Å². The van der Waals surface area contributed by atoms with E-state index in [-0.39, 0.29) is 23.5 Å². The lowest BCUT2D eigenvalue weighted by Crippen LogP contribution is -2.51. The van der Waals surface area contributed by atoms with Gasteiger partial charge in [0.25, 0.3) is 0 Å². The molecule has 2 heterocycles. The van der Waals surface area contributed by atoms with Crippen LogP contribution in [-0.2, 0) is 9.59 Å². The molecule has 0 spiro atoms. The van der Waals surface area contributed by atoms with Gasteiger partial charge in [0, 0.05) is 45.6 Å². The predicted octanol–water partition coefficient (Wildman–Crippen LogP) is 2.87. The second kappa shape index (κ2) is 10.0. The number of amides is 2. The summed E-state index contributed by atoms with van der Waals surface area (Å²) < 4.78 is 13.1. The van der Waals surface area contributed by atoms with Gasteiger partial charge < -0.3 is 14.7 Å². The first-order valence-electron chi connectivity index (χ1n) is 10.6. The molecular formula is C22H32FN3O2. The quantitative estimate of drug-likeness (QED) is 0.720. The molecule has 2 aliphatic heterocycles. The van der Waals surface area contributed by atoms with Crippen molar-refractivity contribution < 1.29 is 14.0 Å². The molecule has 5 nitrogen and oxygen atoms in total. The lowest BCUT2D eigenvalue weighted by molar-refractivity contribution is -0.140. The zero-order valence-corrected chi connectivity index (χ0v) is 16.9. The van der Waals surface area contributed by atoms with Gasteiger partial charge in [0.2, 0.25) is 11.8 Å². The Morgan fingerprint density at radius 2 is 1.50 bits per heavy atom. The minimum absolute atomic E-state index is 0.105. The normalized spacial score (nSPS) is 19.1. The Hall–Kier alpha value is -1.95. The highest BCUT2D eigenvalue weighted by Gasteiger charge is 2.26. The Labute approximate surface area is 167 Å². The number of carbonyl (C=O) groups is 2. The molecule has 28 heavy (non-hydrogen) atoms. The van der Waals surface area contributed by atoms with Gasteiger partial charge in [0.1, 0.15) is 5.82 Å². The summed E-state index contributed by atoms with van der Waals surface area (Å²) in [5.74, 6) is 0.181. The van der Waals surface area contributed by atoms with Gasteiger partial charge in [0.05, 0.1) is 0 Å². The zero-order chi connectivity index (χ0) is 19.9. The van der Waals surface area contributed by atoms with Crippen LogP contribution in [0.3, 0.4) is 0 Å². The van der Waals surface area contributed by atoms with Crippen molar-refractivity contribution in [3.05, 3.63) is 35.6 Å². The molecule has 154 valence electrons. The standard InChI is InChI=1S/C22H32FN3O2/c1-2-18(19-5-7-20(23)8-6-19)17-22(28)26-15-13-25(14-16-26)21(27)9-12-24-10-3-4-11-24/h5-8,18H,2-4,9-17H2,1H3. The average molecular weight is 390 g/mol. The van der Waals surface area contributed by atoms with Crippen LogP contribution in [-0.4, -0.2) is 72.3 Å². The molecule has 2 fully saturated rings. The molecule has 0 aromatic heterocycles. The van der Waals surface area contributed by atoms with Gasteiger partial charge in [-0.25, -0.2) is 4.39 Å². The molecule has 2 amide bonds. The monoisotopic (exact) mass is 389 g/mol. The third kappa shape index (κ3) is 5.53. The Bertz CT molecular complexity index is 650. The summed E-state index contributed by atoms with van der Waals surface area (Å²) in [5.41, 5.74) is 1.01. The molecular weight excluding hydrogens is 357 g/mol. The van der Waals surface area contributed by atoms with Crippen molar-refractivity contribution in [3.63, 3.8) is 0 Å². The van der Waals surface area contributed by atoms with Crippen LogP contribution in [0.25, 0.3) is 0 Å². The van der Waals surface area contributed by atoms with E-state index in [1.54, 1.807) is 12.1 Å². The van der Waals surface area contributed by atoms with Gasteiger partial charge in [-0.15, -0.1) is 0 Å². The summed E-state index contributed by atoms with van der Waals surface area (Å²) in [6.45, 7) is 7.59. The van der Waals surface area contributed by atoms with Gasteiger partial charge in [-0.1, -0.05) is 19.1 Å². The molecule has 2 aliphatic rings. The number of halogens is 1. The zero-order valence-electron chi connectivity index (χ0n) is 16.9. The van der Waals surface area contributed by atoms with E-state index in [2.05, 4.69) is 11.8 Å². The number of hydrogen-bond donors (Lipinski definition) is 0. The first kappa shape index (κ1) is 20.8. The van der Waals surface area contributed by atoms with Crippen LogP contribution in [0.5, 0.6) is 0 Å². The minimum atomic E-state index is -0.254. The lowest BCUT2D eigenvalue weighted by Gasteiger charge is -2.35. The van der Waals surface area contributed by atoms with E-state index < -0.39 is 0 Å². The molecule has 1 aromatic carbocycles. The SMILES string of the molecule is CCC(CC(=O)N1CCN(C(=O)CCN2CCCC2)CC1)c1ccc(F)cc1. The van der Waals surface area contributed by atoms with Gasteiger partial charge in [-0.3, -0.25) is 9.59 Å². The first-order valence-corrected chi connectivity index (χ1v) is 10.6. The van der Waals surface area contributed by atoms with E-state index in [1.807, 2.05) is 9.80 Å². The van der Waals surface area contributed by atoms with Gasteiger partial charge in [-0.05, 0) is 56.0 Å². The Kier molecular flexibility index (Phi) is 7.43. The third-order valence-corrected chi connectivity index (χ3v) is 6.08. The minimum Gasteiger partial charge on any atom is -0.339 e. The van der Waals surface area contributed by atoms with Crippen LogP contribution in [0.15, 0.2) is 24.3 Å². The van der Waals surface area contributed by atoms with E-state index in [4.69, 9.17) is 0 Å². The van der Waals surface area contributed by atoms with Crippen LogP contribution >= 0.6 is 0 Å². The molecule has 1 atom stereocenters. The molecule has 2 saturated heterocycles.